The monoisotopic (exact) mass is 404 g/mol. The van der Waals surface area contributed by atoms with Crippen LogP contribution in [0, 0.1) is 0 Å². The van der Waals surface area contributed by atoms with E-state index in [9.17, 15) is 14.4 Å². The largest absolute Gasteiger partial charge is 0.427 e. The predicted molar refractivity (Wildman–Crippen MR) is 96.0 cm³/mol. The molecule has 1 atom stereocenters. The molecule has 7 heteroatoms. The first-order chi connectivity index (χ1) is 11.8. The van der Waals surface area contributed by atoms with Crippen molar-refractivity contribution in [2.75, 3.05) is 0 Å². The van der Waals surface area contributed by atoms with Crippen molar-refractivity contribution in [3.8, 4) is 5.75 Å². The summed E-state index contributed by atoms with van der Waals surface area (Å²) < 4.78 is 5.86. The summed E-state index contributed by atoms with van der Waals surface area (Å²) in [5.74, 6) is -1.34. The number of carbonyl (C=O) groups is 3. The smallest absolute Gasteiger partial charge is 0.308 e. The fourth-order valence-electron chi connectivity index (χ4n) is 2.19. The molecule has 6 nitrogen and oxygen atoms in total. The number of esters is 1. The lowest BCUT2D eigenvalue weighted by atomic mass is 10.0. The van der Waals surface area contributed by atoms with E-state index in [4.69, 9.17) is 10.5 Å². The molecule has 2 aromatic rings. The summed E-state index contributed by atoms with van der Waals surface area (Å²) in [5.41, 5.74) is 6.53. The molecule has 0 aliphatic heterocycles. The molecule has 0 spiro atoms. The second-order valence-electron chi connectivity index (χ2n) is 5.38. The molecule has 0 unspecified atom stereocenters. The van der Waals surface area contributed by atoms with Gasteiger partial charge in [0, 0.05) is 23.4 Å². The minimum absolute atomic E-state index is 0.253. The molecule has 0 saturated heterocycles. The van der Waals surface area contributed by atoms with E-state index in [1.54, 1.807) is 18.2 Å². The van der Waals surface area contributed by atoms with E-state index in [2.05, 4.69) is 21.2 Å². The average Bonchev–Trinajstić information content (AvgIpc) is 2.55. The number of nitrogens with one attached hydrogen (secondary N) is 1. The van der Waals surface area contributed by atoms with E-state index in [0.29, 0.717) is 0 Å². The molecule has 2 rings (SSSR count). The van der Waals surface area contributed by atoms with Gasteiger partial charge in [0.25, 0.3) is 5.91 Å². The van der Waals surface area contributed by atoms with Crippen molar-refractivity contribution < 1.29 is 19.1 Å². The Morgan fingerprint density at radius 2 is 1.84 bits per heavy atom. The van der Waals surface area contributed by atoms with Gasteiger partial charge in [0.1, 0.15) is 11.8 Å². The standard InChI is InChI=1S/C18H17BrN2O4/c1-11(22)25-15-4-2-3-13(10-15)18(24)21-16(17(20)23)9-12-5-7-14(19)8-6-12/h2-8,10,16H,9H2,1H3,(H2,20,23)(H,21,24)/t16-/m0/s1. The molecular weight excluding hydrogens is 388 g/mol. The van der Waals surface area contributed by atoms with Crippen molar-refractivity contribution in [2.45, 2.75) is 19.4 Å². The van der Waals surface area contributed by atoms with Crippen molar-refractivity contribution >= 4 is 33.7 Å². The lowest BCUT2D eigenvalue weighted by Gasteiger charge is -2.16. The normalized spacial score (nSPS) is 11.4. The van der Waals surface area contributed by atoms with Crippen LogP contribution in [0.1, 0.15) is 22.8 Å². The van der Waals surface area contributed by atoms with Crippen molar-refractivity contribution in [2.24, 2.45) is 5.73 Å². The number of benzene rings is 2. The second kappa shape index (κ2) is 8.43. The Hall–Kier alpha value is -2.67. The molecule has 0 bridgehead atoms. The van der Waals surface area contributed by atoms with Crippen molar-refractivity contribution in [3.05, 3.63) is 64.1 Å². The summed E-state index contributed by atoms with van der Waals surface area (Å²) in [6, 6.07) is 12.6. The predicted octanol–water partition coefficient (Wildman–Crippen LogP) is 2.20. The maximum atomic E-state index is 12.4. The Morgan fingerprint density at radius 3 is 2.44 bits per heavy atom. The van der Waals surface area contributed by atoms with E-state index in [-0.39, 0.29) is 17.7 Å². The van der Waals surface area contributed by atoms with Crippen LogP contribution in [0.15, 0.2) is 53.0 Å². The van der Waals surface area contributed by atoms with Crippen LogP contribution in [0.4, 0.5) is 0 Å². The van der Waals surface area contributed by atoms with Crippen molar-refractivity contribution in [1.29, 1.82) is 0 Å². The van der Waals surface area contributed by atoms with E-state index in [0.717, 1.165) is 10.0 Å². The van der Waals surface area contributed by atoms with Crippen LogP contribution in [-0.2, 0) is 16.0 Å². The number of rotatable bonds is 6. The highest BCUT2D eigenvalue weighted by Crippen LogP contribution is 2.15. The fraction of sp³-hybridized carbons (Fsp3) is 0.167. The Balaban J connectivity index is 2.11. The molecule has 2 amide bonds. The van der Waals surface area contributed by atoms with Gasteiger partial charge in [0.15, 0.2) is 0 Å². The van der Waals surface area contributed by atoms with E-state index >= 15 is 0 Å². The molecule has 0 fully saturated rings. The van der Waals surface area contributed by atoms with E-state index < -0.39 is 23.8 Å². The minimum Gasteiger partial charge on any atom is -0.427 e. The first-order valence-electron chi connectivity index (χ1n) is 7.48. The number of hydrogen-bond acceptors (Lipinski definition) is 4. The maximum absolute atomic E-state index is 12.4. The van der Waals surface area contributed by atoms with Gasteiger partial charge in [-0.1, -0.05) is 34.1 Å². The van der Waals surface area contributed by atoms with Crippen LogP contribution in [0.5, 0.6) is 5.75 Å². The number of halogens is 1. The summed E-state index contributed by atoms with van der Waals surface area (Å²) in [4.78, 5) is 35.1. The zero-order valence-corrected chi connectivity index (χ0v) is 15.1. The Labute approximate surface area is 153 Å². The van der Waals surface area contributed by atoms with Gasteiger partial charge in [-0.25, -0.2) is 0 Å². The number of carbonyl (C=O) groups excluding carboxylic acids is 3. The molecule has 2 aromatic carbocycles. The van der Waals surface area contributed by atoms with Crippen LogP contribution in [0.3, 0.4) is 0 Å². The van der Waals surface area contributed by atoms with Crippen LogP contribution in [-0.4, -0.2) is 23.8 Å². The molecule has 0 aliphatic rings. The van der Waals surface area contributed by atoms with Gasteiger partial charge in [0.2, 0.25) is 5.91 Å². The Kier molecular flexibility index (Phi) is 6.30. The lowest BCUT2D eigenvalue weighted by Crippen LogP contribution is -2.45. The number of nitrogens with two attached hydrogens (primary N) is 1. The van der Waals surface area contributed by atoms with Gasteiger partial charge in [-0.05, 0) is 35.9 Å². The van der Waals surface area contributed by atoms with Crippen molar-refractivity contribution in [3.63, 3.8) is 0 Å². The number of ether oxygens (including phenoxy) is 1. The lowest BCUT2D eigenvalue weighted by molar-refractivity contribution is -0.131. The first-order valence-corrected chi connectivity index (χ1v) is 8.27. The number of amides is 2. The molecule has 0 saturated carbocycles. The van der Waals surface area contributed by atoms with Gasteiger partial charge in [-0.15, -0.1) is 0 Å². The Bertz CT molecular complexity index is 790. The fourth-order valence-corrected chi connectivity index (χ4v) is 2.45. The highest BCUT2D eigenvalue weighted by molar-refractivity contribution is 9.10. The molecule has 25 heavy (non-hydrogen) atoms. The first kappa shape index (κ1) is 18.7. The molecule has 3 N–H and O–H groups in total. The SMILES string of the molecule is CC(=O)Oc1cccc(C(=O)N[C@@H](Cc2ccc(Br)cc2)C(N)=O)c1. The van der Waals surface area contributed by atoms with Crippen LogP contribution in [0.25, 0.3) is 0 Å². The summed E-state index contributed by atoms with van der Waals surface area (Å²) in [7, 11) is 0. The number of hydrogen-bond donors (Lipinski definition) is 2. The molecule has 130 valence electrons. The van der Waals surface area contributed by atoms with Crippen LogP contribution >= 0.6 is 15.9 Å². The molecule has 0 heterocycles. The van der Waals surface area contributed by atoms with Crippen molar-refractivity contribution in [1.82, 2.24) is 5.32 Å². The summed E-state index contributed by atoms with van der Waals surface area (Å²) in [6.45, 7) is 1.27. The molecule has 0 aromatic heterocycles. The van der Waals surface area contributed by atoms with E-state index in [1.807, 2.05) is 24.3 Å². The van der Waals surface area contributed by atoms with Gasteiger partial charge in [0.05, 0.1) is 0 Å². The third kappa shape index (κ3) is 5.72. The quantitative estimate of drug-likeness (QED) is 0.569. The van der Waals surface area contributed by atoms with Gasteiger partial charge < -0.3 is 15.8 Å². The summed E-state index contributed by atoms with van der Waals surface area (Å²) in [6.07, 6.45) is 0.276. The highest BCUT2D eigenvalue weighted by Gasteiger charge is 2.20. The molecule has 0 aliphatic carbocycles. The van der Waals surface area contributed by atoms with E-state index in [1.165, 1.54) is 13.0 Å². The number of primary amides is 1. The third-order valence-electron chi connectivity index (χ3n) is 3.36. The molecule has 0 radical (unpaired) electrons. The summed E-state index contributed by atoms with van der Waals surface area (Å²) >= 11 is 3.34. The highest BCUT2D eigenvalue weighted by atomic mass is 79.9. The van der Waals surface area contributed by atoms with Gasteiger partial charge in [-0.3, -0.25) is 14.4 Å². The summed E-state index contributed by atoms with van der Waals surface area (Å²) in [5, 5.41) is 2.61. The average molecular weight is 405 g/mol. The zero-order chi connectivity index (χ0) is 18.4. The second-order valence-corrected chi connectivity index (χ2v) is 6.30. The zero-order valence-electron chi connectivity index (χ0n) is 13.5. The molecular formula is C18H17BrN2O4. The van der Waals surface area contributed by atoms with Crippen LogP contribution < -0.4 is 15.8 Å². The van der Waals surface area contributed by atoms with Gasteiger partial charge in [-0.2, -0.15) is 0 Å². The third-order valence-corrected chi connectivity index (χ3v) is 3.89. The maximum Gasteiger partial charge on any atom is 0.308 e. The van der Waals surface area contributed by atoms with Gasteiger partial charge >= 0.3 is 5.97 Å². The topological polar surface area (TPSA) is 98.5 Å². The van der Waals surface area contributed by atoms with Crippen LogP contribution in [0.2, 0.25) is 0 Å². The minimum atomic E-state index is -0.856. The Morgan fingerprint density at radius 1 is 1.16 bits per heavy atom.